The van der Waals surface area contributed by atoms with Crippen molar-refractivity contribution in [3.63, 3.8) is 0 Å². The minimum Gasteiger partial charge on any atom is -0.461 e. The highest BCUT2D eigenvalue weighted by Gasteiger charge is 2.39. The zero-order chi connectivity index (χ0) is 25.0. The van der Waals surface area contributed by atoms with E-state index < -0.39 is 19.5 Å². The number of para-hydroxylation sites is 1. The minimum absolute atomic E-state index is 0.0631. The lowest BCUT2D eigenvalue weighted by Crippen LogP contribution is -2.40. The van der Waals surface area contributed by atoms with E-state index in [4.69, 9.17) is 19.7 Å². The van der Waals surface area contributed by atoms with Crippen molar-refractivity contribution in [3.05, 3.63) is 43.0 Å². The molecular weight excluding hydrogens is 471 g/mol. The Morgan fingerprint density at radius 2 is 1.97 bits per heavy atom. The molecule has 2 N–H and O–H groups in total. The lowest BCUT2D eigenvalue weighted by Gasteiger charge is -2.33. The molecule has 1 aromatic carbocycles. The molecule has 4 rings (SSSR count). The van der Waals surface area contributed by atoms with Crippen molar-refractivity contribution in [2.75, 3.05) is 19.1 Å². The Hall–Kier alpha value is -3.01. The predicted molar refractivity (Wildman–Crippen MR) is 131 cm³/mol. The number of nitrogen functional groups attached to an aromatic ring is 1. The molecule has 0 bridgehead atoms. The molecule has 2 aromatic heterocycles. The smallest absolute Gasteiger partial charge is 0.345 e. The van der Waals surface area contributed by atoms with E-state index >= 15 is 0 Å². The summed E-state index contributed by atoms with van der Waals surface area (Å²) in [5, 5.41) is 0. The molecule has 3 atom stereocenters. The van der Waals surface area contributed by atoms with E-state index in [0.29, 0.717) is 29.3 Å². The molecule has 1 saturated carbocycles. The fourth-order valence-electron chi connectivity index (χ4n) is 3.58. The van der Waals surface area contributed by atoms with E-state index in [1.165, 1.54) is 11.0 Å². The van der Waals surface area contributed by atoms with Crippen LogP contribution in [0.5, 0.6) is 5.75 Å². The number of nitrogens with two attached hydrogens (primary N) is 1. The topological polar surface area (TPSA) is 135 Å². The first-order chi connectivity index (χ1) is 16.8. The Labute approximate surface area is 204 Å². The minimum atomic E-state index is -3.64. The number of hydrogen-bond acceptors (Lipinski definition) is 9. The summed E-state index contributed by atoms with van der Waals surface area (Å²) in [6, 6.07) is 8.06. The van der Waals surface area contributed by atoms with Crippen LogP contribution in [0.4, 0.5) is 5.82 Å². The number of ether oxygens (including phenoxy) is 2. The molecule has 0 saturated heterocycles. The van der Waals surface area contributed by atoms with Gasteiger partial charge in [-0.15, -0.1) is 0 Å². The van der Waals surface area contributed by atoms with Gasteiger partial charge in [0.2, 0.25) is 0 Å². The summed E-state index contributed by atoms with van der Waals surface area (Å²) in [5.74, 6) is 0.294. The normalized spacial score (nSPS) is 17.5. The number of anilines is 1. The number of hydrogen-bond donors (Lipinski definition) is 1. The maximum atomic E-state index is 14.1. The van der Waals surface area contributed by atoms with E-state index in [2.05, 4.69) is 15.0 Å². The number of rotatable bonds is 11. The van der Waals surface area contributed by atoms with Gasteiger partial charge in [0.05, 0.1) is 19.0 Å². The van der Waals surface area contributed by atoms with Crippen molar-refractivity contribution in [2.45, 2.75) is 57.9 Å². The van der Waals surface area contributed by atoms with Crippen molar-refractivity contribution in [1.82, 2.24) is 24.2 Å². The standard InChI is InChI=1S/C23H31N6O5P/c1-16(12-29-14-27-20-21(24)25-13-26-22(20)29)32-15-35(31,34-19-8-5-4-6-9-19)28(3)17(2)23(30)33-18-10-7-11-18/h4-6,8-9,13-14,16-18H,7,10-12,15H2,1-3H3,(H2,24,25,26)/t16-,17+,35?/m1/s1. The van der Waals surface area contributed by atoms with Crippen LogP contribution in [0.3, 0.4) is 0 Å². The third-order valence-electron chi connectivity index (χ3n) is 6.11. The maximum absolute atomic E-state index is 14.1. The number of carbonyl (C=O) groups is 1. The van der Waals surface area contributed by atoms with Gasteiger partial charge in [0.15, 0.2) is 11.5 Å². The second-order valence-corrected chi connectivity index (χ2v) is 11.1. The Balaban J connectivity index is 1.46. The third kappa shape index (κ3) is 5.80. The molecule has 35 heavy (non-hydrogen) atoms. The summed E-state index contributed by atoms with van der Waals surface area (Å²) in [7, 11) is -2.05. The zero-order valence-corrected chi connectivity index (χ0v) is 21.0. The number of aromatic nitrogens is 4. The summed E-state index contributed by atoms with van der Waals surface area (Å²) in [4.78, 5) is 25.1. The summed E-state index contributed by atoms with van der Waals surface area (Å²) in [6.07, 6.45) is 5.09. The highest BCUT2D eigenvalue weighted by atomic mass is 31.2. The fraction of sp³-hybridized carbons (Fsp3) is 0.478. The molecule has 1 unspecified atom stereocenters. The van der Waals surface area contributed by atoms with Gasteiger partial charge in [-0.2, -0.15) is 0 Å². The van der Waals surface area contributed by atoms with E-state index in [0.717, 1.165) is 19.3 Å². The van der Waals surface area contributed by atoms with Crippen LogP contribution in [0.2, 0.25) is 0 Å². The lowest BCUT2D eigenvalue weighted by atomic mass is 9.96. The predicted octanol–water partition coefficient (Wildman–Crippen LogP) is 3.46. The number of carbonyl (C=O) groups excluding carboxylic acids is 1. The summed E-state index contributed by atoms with van der Waals surface area (Å²) < 4.78 is 34.8. The zero-order valence-electron chi connectivity index (χ0n) is 20.1. The molecule has 0 amide bonds. The Kier molecular flexibility index (Phi) is 7.69. The number of likely N-dealkylation sites (N-methyl/N-ethyl adjacent to an activating group) is 1. The number of esters is 1. The SMILES string of the molecule is C[C@H](Cn1cnc2c(N)ncnc21)OCP(=O)(Oc1ccccc1)N(C)[C@@H](C)C(=O)OC1CCC1. The molecule has 1 aliphatic rings. The van der Waals surface area contributed by atoms with Crippen LogP contribution in [0.25, 0.3) is 11.2 Å². The fourth-order valence-corrected chi connectivity index (χ4v) is 5.46. The molecule has 0 spiro atoms. The van der Waals surface area contributed by atoms with Crippen LogP contribution in [-0.4, -0.2) is 61.8 Å². The van der Waals surface area contributed by atoms with Crippen molar-refractivity contribution in [3.8, 4) is 5.75 Å². The van der Waals surface area contributed by atoms with E-state index in [1.807, 2.05) is 13.0 Å². The van der Waals surface area contributed by atoms with Gasteiger partial charge >= 0.3 is 13.5 Å². The van der Waals surface area contributed by atoms with Crippen LogP contribution >= 0.6 is 7.52 Å². The highest BCUT2D eigenvalue weighted by molar-refractivity contribution is 7.56. The Morgan fingerprint density at radius 3 is 2.66 bits per heavy atom. The van der Waals surface area contributed by atoms with Gasteiger partial charge < -0.3 is 24.3 Å². The van der Waals surface area contributed by atoms with E-state index in [9.17, 15) is 9.36 Å². The van der Waals surface area contributed by atoms with Crippen LogP contribution in [-0.2, 0) is 25.4 Å². The quantitative estimate of drug-likeness (QED) is 0.307. The molecular formula is C23H31N6O5P. The van der Waals surface area contributed by atoms with Gasteiger partial charge in [0.25, 0.3) is 0 Å². The van der Waals surface area contributed by atoms with Crippen molar-refractivity contribution in [1.29, 1.82) is 0 Å². The van der Waals surface area contributed by atoms with Crippen molar-refractivity contribution in [2.24, 2.45) is 0 Å². The van der Waals surface area contributed by atoms with Gasteiger partial charge in [-0.3, -0.25) is 9.36 Å². The average molecular weight is 503 g/mol. The molecule has 2 heterocycles. The molecule has 11 nitrogen and oxygen atoms in total. The van der Waals surface area contributed by atoms with E-state index in [1.54, 1.807) is 49.1 Å². The van der Waals surface area contributed by atoms with Crippen molar-refractivity contribution >= 4 is 30.5 Å². The molecule has 0 aliphatic heterocycles. The average Bonchev–Trinajstić information content (AvgIpc) is 3.23. The van der Waals surface area contributed by atoms with Gasteiger partial charge in [-0.1, -0.05) is 18.2 Å². The second kappa shape index (κ2) is 10.7. The van der Waals surface area contributed by atoms with Gasteiger partial charge in [-0.25, -0.2) is 19.6 Å². The Bertz CT molecular complexity index is 1200. The number of imidazole rings is 1. The van der Waals surface area contributed by atoms with Gasteiger partial charge in [-0.05, 0) is 52.3 Å². The van der Waals surface area contributed by atoms with Crippen LogP contribution in [0, 0.1) is 0 Å². The summed E-state index contributed by atoms with van der Waals surface area (Å²) in [5.41, 5.74) is 6.96. The first-order valence-electron chi connectivity index (χ1n) is 11.6. The molecule has 1 fully saturated rings. The maximum Gasteiger partial charge on any atom is 0.345 e. The number of fused-ring (bicyclic) bond motifs is 1. The van der Waals surface area contributed by atoms with Crippen LogP contribution in [0.1, 0.15) is 33.1 Å². The third-order valence-corrected chi connectivity index (χ3v) is 8.39. The second-order valence-electron chi connectivity index (χ2n) is 8.72. The van der Waals surface area contributed by atoms with Crippen LogP contribution < -0.4 is 10.3 Å². The Morgan fingerprint density at radius 1 is 1.23 bits per heavy atom. The van der Waals surface area contributed by atoms with Crippen molar-refractivity contribution < 1.29 is 23.4 Å². The largest absolute Gasteiger partial charge is 0.461 e. The first kappa shape index (κ1) is 25.1. The highest BCUT2D eigenvalue weighted by Crippen LogP contribution is 2.51. The molecule has 1 aliphatic carbocycles. The van der Waals surface area contributed by atoms with E-state index in [-0.39, 0.29) is 18.6 Å². The molecule has 188 valence electrons. The molecule has 12 heteroatoms. The monoisotopic (exact) mass is 502 g/mol. The van der Waals surface area contributed by atoms with Gasteiger partial charge in [0, 0.05) is 0 Å². The molecule has 3 aromatic rings. The summed E-state index contributed by atoms with van der Waals surface area (Å²) in [6.45, 7) is 3.89. The van der Waals surface area contributed by atoms with Gasteiger partial charge in [0.1, 0.15) is 36.1 Å². The number of nitrogens with zero attached hydrogens (tertiary/aromatic N) is 5. The molecule has 0 radical (unpaired) electrons. The van der Waals surface area contributed by atoms with Crippen LogP contribution in [0.15, 0.2) is 43.0 Å². The first-order valence-corrected chi connectivity index (χ1v) is 13.3. The number of benzene rings is 1. The summed E-state index contributed by atoms with van der Waals surface area (Å²) >= 11 is 0. The lowest BCUT2D eigenvalue weighted by molar-refractivity contribution is -0.156.